The minimum Gasteiger partial charge on any atom is -0.341 e. The van der Waals surface area contributed by atoms with Crippen molar-refractivity contribution < 1.29 is 4.79 Å². The van der Waals surface area contributed by atoms with Crippen LogP contribution in [0.15, 0.2) is 0 Å². The Morgan fingerprint density at radius 2 is 2.06 bits per heavy atom. The summed E-state index contributed by atoms with van der Waals surface area (Å²) < 4.78 is 0. The third-order valence-electron chi connectivity index (χ3n) is 3.90. The van der Waals surface area contributed by atoms with Crippen molar-refractivity contribution in [2.24, 2.45) is 5.92 Å². The molecule has 4 heteroatoms. The monoisotopic (exact) mass is 246 g/mol. The Morgan fingerprint density at radius 3 is 2.56 bits per heavy atom. The lowest BCUT2D eigenvalue weighted by molar-refractivity contribution is -0.133. The topological polar surface area (TPSA) is 32.3 Å². The molecule has 0 aromatic heterocycles. The van der Waals surface area contributed by atoms with Crippen LogP contribution in [-0.2, 0) is 4.79 Å². The molecule has 1 aliphatic carbocycles. The smallest absolute Gasteiger partial charge is 0.222 e. The summed E-state index contributed by atoms with van der Waals surface area (Å²) in [5.74, 6) is 1.05. The van der Waals surface area contributed by atoms with Crippen LogP contribution in [0.1, 0.15) is 38.5 Å². The molecule has 16 heavy (non-hydrogen) atoms. The van der Waals surface area contributed by atoms with Gasteiger partial charge in [0.25, 0.3) is 0 Å². The summed E-state index contributed by atoms with van der Waals surface area (Å²) in [6.07, 6.45) is 7.01. The van der Waals surface area contributed by atoms with E-state index in [0.717, 1.165) is 19.5 Å². The number of hydrogen-bond donors (Lipinski definition) is 1. The summed E-state index contributed by atoms with van der Waals surface area (Å²) in [6.45, 7) is 2.09. The van der Waals surface area contributed by atoms with Crippen LogP contribution in [0.2, 0.25) is 0 Å². The predicted molar refractivity (Wildman–Crippen MR) is 67.9 cm³/mol. The van der Waals surface area contributed by atoms with Crippen molar-refractivity contribution >= 4 is 18.3 Å². The third kappa shape index (κ3) is 3.36. The van der Waals surface area contributed by atoms with Gasteiger partial charge in [0.1, 0.15) is 0 Å². The van der Waals surface area contributed by atoms with E-state index in [1.807, 2.05) is 11.9 Å². The van der Waals surface area contributed by atoms with Crippen molar-refractivity contribution in [2.75, 3.05) is 20.1 Å². The molecule has 0 aromatic carbocycles. The maximum absolute atomic E-state index is 11.9. The van der Waals surface area contributed by atoms with Crippen LogP contribution in [0.25, 0.3) is 0 Å². The lowest BCUT2D eigenvalue weighted by atomic mass is 9.82. The molecule has 0 radical (unpaired) electrons. The molecule has 1 unspecified atom stereocenters. The van der Waals surface area contributed by atoms with Gasteiger partial charge in [0, 0.05) is 26.1 Å². The second kappa shape index (κ2) is 6.45. The Hall–Kier alpha value is -0.280. The maximum atomic E-state index is 11.9. The number of likely N-dealkylation sites (N-methyl/N-ethyl adjacent to an activating group) is 1. The number of nitrogens with zero attached hydrogens (tertiary/aromatic N) is 1. The SMILES string of the molecule is CN(C(=O)CC1CCC1)C1CCCNC1.Cl. The first-order valence-electron chi connectivity index (χ1n) is 6.24. The van der Waals surface area contributed by atoms with Gasteiger partial charge in [0.15, 0.2) is 0 Å². The summed E-state index contributed by atoms with van der Waals surface area (Å²) in [7, 11) is 1.97. The molecule has 1 atom stereocenters. The third-order valence-corrected chi connectivity index (χ3v) is 3.90. The number of rotatable bonds is 3. The summed E-state index contributed by atoms with van der Waals surface area (Å²) in [6, 6.07) is 0.436. The van der Waals surface area contributed by atoms with E-state index in [1.54, 1.807) is 0 Å². The van der Waals surface area contributed by atoms with Gasteiger partial charge in [-0.05, 0) is 38.1 Å². The highest BCUT2D eigenvalue weighted by molar-refractivity contribution is 5.85. The van der Waals surface area contributed by atoms with E-state index in [1.165, 1.54) is 32.1 Å². The molecular weight excluding hydrogens is 224 g/mol. The lowest BCUT2D eigenvalue weighted by Crippen LogP contribution is -2.47. The average Bonchev–Trinajstić information content (AvgIpc) is 2.23. The number of carbonyl (C=O) groups excluding carboxylic acids is 1. The van der Waals surface area contributed by atoms with Crippen LogP contribution in [0.3, 0.4) is 0 Å². The highest BCUT2D eigenvalue weighted by Gasteiger charge is 2.26. The number of amides is 1. The first-order valence-corrected chi connectivity index (χ1v) is 6.24. The van der Waals surface area contributed by atoms with Crippen molar-refractivity contribution in [3.63, 3.8) is 0 Å². The van der Waals surface area contributed by atoms with E-state index in [-0.39, 0.29) is 12.4 Å². The number of hydrogen-bond acceptors (Lipinski definition) is 2. The minimum absolute atomic E-state index is 0. The van der Waals surface area contributed by atoms with Crippen LogP contribution in [0.5, 0.6) is 0 Å². The van der Waals surface area contributed by atoms with Gasteiger partial charge in [0.2, 0.25) is 5.91 Å². The second-order valence-corrected chi connectivity index (χ2v) is 5.01. The molecule has 1 N–H and O–H groups in total. The van der Waals surface area contributed by atoms with Crippen LogP contribution in [-0.4, -0.2) is 37.0 Å². The van der Waals surface area contributed by atoms with E-state index >= 15 is 0 Å². The fourth-order valence-electron chi connectivity index (χ4n) is 2.46. The second-order valence-electron chi connectivity index (χ2n) is 5.01. The van der Waals surface area contributed by atoms with E-state index in [9.17, 15) is 4.79 Å². The van der Waals surface area contributed by atoms with E-state index in [4.69, 9.17) is 0 Å². The predicted octanol–water partition coefficient (Wildman–Crippen LogP) is 1.81. The molecule has 1 saturated carbocycles. The van der Waals surface area contributed by atoms with Gasteiger partial charge in [-0.25, -0.2) is 0 Å². The molecule has 0 bridgehead atoms. The van der Waals surface area contributed by atoms with Crippen LogP contribution < -0.4 is 5.32 Å². The molecule has 2 fully saturated rings. The Bertz CT molecular complexity index is 225. The molecule has 2 rings (SSSR count). The molecule has 1 saturated heterocycles. The van der Waals surface area contributed by atoms with Gasteiger partial charge in [-0.1, -0.05) is 6.42 Å². The molecular formula is C12H23ClN2O. The Labute approximate surface area is 104 Å². The van der Waals surface area contributed by atoms with E-state index in [2.05, 4.69) is 5.32 Å². The zero-order valence-corrected chi connectivity index (χ0v) is 10.9. The van der Waals surface area contributed by atoms with Crippen LogP contribution >= 0.6 is 12.4 Å². The van der Waals surface area contributed by atoms with E-state index < -0.39 is 0 Å². The number of halogens is 1. The first-order chi connectivity index (χ1) is 7.27. The number of piperidine rings is 1. The molecule has 1 amide bonds. The van der Waals surface area contributed by atoms with Crippen molar-refractivity contribution in [3.8, 4) is 0 Å². The highest BCUT2D eigenvalue weighted by atomic mass is 35.5. The highest BCUT2D eigenvalue weighted by Crippen LogP contribution is 2.30. The molecule has 0 spiro atoms. The van der Waals surface area contributed by atoms with Crippen molar-refractivity contribution in [3.05, 3.63) is 0 Å². The van der Waals surface area contributed by atoms with Gasteiger partial charge in [-0.3, -0.25) is 4.79 Å². The molecule has 94 valence electrons. The van der Waals surface area contributed by atoms with Gasteiger partial charge in [-0.2, -0.15) is 0 Å². The summed E-state index contributed by atoms with van der Waals surface area (Å²) in [4.78, 5) is 13.9. The summed E-state index contributed by atoms with van der Waals surface area (Å²) in [5.41, 5.74) is 0. The Morgan fingerprint density at radius 1 is 1.31 bits per heavy atom. The maximum Gasteiger partial charge on any atom is 0.222 e. The van der Waals surface area contributed by atoms with Gasteiger partial charge in [0.05, 0.1) is 0 Å². The summed E-state index contributed by atoms with van der Waals surface area (Å²) >= 11 is 0. The van der Waals surface area contributed by atoms with Gasteiger partial charge in [-0.15, -0.1) is 12.4 Å². The van der Waals surface area contributed by atoms with Crippen LogP contribution in [0, 0.1) is 5.92 Å². The van der Waals surface area contributed by atoms with Gasteiger partial charge < -0.3 is 10.2 Å². The summed E-state index contributed by atoms with van der Waals surface area (Å²) in [5, 5.41) is 3.36. The fourth-order valence-corrected chi connectivity index (χ4v) is 2.46. The molecule has 1 heterocycles. The van der Waals surface area contributed by atoms with Crippen LogP contribution in [0.4, 0.5) is 0 Å². The largest absolute Gasteiger partial charge is 0.341 e. The first kappa shape index (κ1) is 13.8. The molecule has 2 aliphatic rings. The van der Waals surface area contributed by atoms with Crippen molar-refractivity contribution in [2.45, 2.75) is 44.6 Å². The quantitative estimate of drug-likeness (QED) is 0.824. The lowest BCUT2D eigenvalue weighted by Gasteiger charge is -2.34. The van der Waals surface area contributed by atoms with E-state index in [0.29, 0.717) is 17.9 Å². The number of nitrogens with one attached hydrogen (secondary N) is 1. The zero-order chi connectivity index (χ0) is 10.7. The molecule has 3 nitrogen and oxygen atoms in total. The molecule has 1 aliphatic heterocycles. The average molecular weight is 247 g/mol. The standard InChI is InChI=1S/C12H22N2O.ClH/c1-14(11-6-3-7-13-9-11)12(15)8-10-4-2-5-10;/h10-11,13H,2-9H2,1H3;1H. The van der Waals surface area contributed by atoms with Crippen molar-refractivity contribution in [1.29, 1.82) is 0 Å². The number of carbonyl (C=O) groups is 1. The fraction of sp³-hybridized carbons (Fsp3) is 0.917. The Balaban J connectivity index is 0.00000128. The zero-order valence-electron chi connectivity index (χ0n) is 10.1. The van der Waals surface area contributed by atoms with Crippen molar-refractivity contribution in [1.82, 2.24) is 10.2 Å². The minimum atomic E-state index is 0. The molecule has 0 aromatic rings. The normalized spacial score (nSPS) is 25.4. The van der Waals surface area contributed by atoms with Gasteiger partial charge >= 0.3 is 0 Å². The Kier molecular flexibility index (Phi) is 5.56.